The molecule has 0 aliphatic carbocycles. The summed E-state index contributed by atoms with van der Waals surface area (Å²) in [7, 11) is 0. The zero-order valence-corrected chi connectivity index (χ0v) is 12.5. The number of rotatable bonds is 2. The maximum atomic E-state index is 14.0. The second-order valence-electron chi connectivity index (χ2n) is 4.10. The molecule has 0 fully saturated rings. The van der Waals surface area contributed by atoms with Crippen molar-refractivity contribution in [3.8, 4) is 17.6 Å². The van der Waals surface area contributed by atoms with Crippen LogP contribution in [0.1, 0.15) is 11.1 Å². The molecule has 0 atom stereocenters. The molecule has 0 aromatic heterocycles. The first-order valence-electron chi connectivity index (χ1n) is 5.55. The van der Waals surface area contributed by atoms with Crippen LogP contribution in [0.15, 0.2) is 24.3 Å². The summed E-state index contributed by atoms with van der Waals surface area (Å²) in [6, 6.07) is 7.59. The van der Waals surface area contributed by atoms with Gasteiger partial charge in [-0.2, -0.15) is 5.26 Å². The first-order chi connectivity index (χ1) is 9.43. The molecule has 2 aromatic rings. The predicted octanol–water partition coefficient (Wildman–Crippen LogP) is 4.12. The van der Waals surface area contributed by atoms with E-state index in [0.29, 0.717) is 5.56 Å². The van der Waals surface area contributed by atoms with E-state index < -0.39 is 17.4 Å². The molecule has 0 aliphatic rings. The highest BCUT2D eigenvalue weighted by molar-refractivity contribution is 14.1. The van der Waals surface area contributed by atoms with Crippen molar-refractivity contribution in [3.63, 3.8) is 0 Å². The Kier molecular flexibility index (Phi) is 4.09. The van der Waals surface area contributed by atoms with Gasteiger partial charge in [0.2, 0.25) is 0 Å². The van der Waals surface area contributed by atoms with E-state index in [2.05, 4.69) is 0 Å². The summed E-state index contributed by atoms with van der Waals surface area (Å²) < 4.78 is 33.0. The lowest BCUT2D eigenvalue weighted by atomic mass is 10.1. The Hall–Kier alpha value is -1.88. The van der Waals surface area contributed by atoms with Crippen LogP contribution in [0.4, 0.5) is 14.5 Å². The molecule has 0 amide bonds. The predicted molar refractivity (Wildman–Crippen MR) is 79.5 cm³/mol. The van der Waals surface area contributed by atoms with Gasteiger partial charge in [-0.3, -0.25) is 0 Å². The van der Waals surface area contributed by atoms with Gasteiger partial charge in [0.15, 0.2) is 17.4 Å². The largest absolute Gasteiger partial charge is 0.451 e. The van der Waals surface area contributed by atoms with E-state index in [9.17, 15) is 8.78 Å². The van der Waals surface area contributed by atoms with E-state index in [1.165, 1.54) is 12.1 Å². The van der Waals surface area contributed by atoms with Crippen LogP contribution in [0.3, 0.4) is 0 Å². The first-order valence-corrected chi connectivity index (χ1v) is 6.63. The second-order valence-corrected chi connectivity index (χ2v) is 5.17. The molecule has 20 heavy (non-hydrogen) atoms. The van der Waals surface area contributed by atoms with Crippen molar-refractivity contribution in [3.05, 3.63) is 50.6 Å². The van der Waals surface area contributed by atoms with E-state index in [1.807, 2.05) is 6.07 Å². The van der Waals surface area contributed by atoms with Gasteiger partial charge in [0.25, 0.3) is 0 Å². The lowest BCUT2D eigenvalue weighted by Crippen LogP contribution is -2.00. The number of hydrogen-bond donors (Lipinski definition) is 1. The summed E-state index contributed by atoms with van der Waals surface area (Å²) in [6.45, 7) is 1.76. The Morgan fingerprint density at radius 2 is 2.00 bits per heavy atom. The number of halogens is 3. The van der Waals surface area contributed by atoms with E-state index in [1.54, 1.807) is 35.6 Å². The van der Waals surface area contributed by atoms with E-state index in [-0.39, 0.29) is 15.0 Å². The van der Waals surface area contributed by atoms with Crippen LogP contribution < -0.4 is 10.5 Å². The quantitative estimate of drug-likeness (QED) is 0.480. The number of anilines is 1. The minimum Gasteiger partial charge on any atom is -0.451 e. The Balaban J connectivity index is 2.46. The van der Waals surface area contributed by atoms with Crippen molar-refractivity contribution < 1.29 is 13.5 Å². The van der Waals surface area contributed by atoms with Gasteiger partial charge in [-0.15, -0.1) is 0 Å². The fourth-order valence-corrected chi connectivity index (χ4v) is 1.99. The van der Waals surface area contributed by atoms with Gasteiger partial charge in [-0.1, -0.05) is 6.07 Å². The number of nitrogens with two attached hydrogens (primary N) is 1. The van der Waals surface area contributed by atoms with Crippen LogP contribution in [0.5, 0.6) is 11.5 Å². The highest BCUT2D eigenvalue weighted by Gasteiger charge is 2.18. The van der Waals surface area contributed by atoms with Gasteiger partial charge < -0.3 is 10.5 Å². The van der Waals surface area contributed by atoms with E-state index in [4.69, 9.17) is 15.7 Å². The molecule has 2 aromatic carbocycles. The molecule has 0 heterocycles. The van der Waals surface area contributed by atoms with Crippen molar-refractivity contribution in [2.45, 2.75) is 6.92 Å². The third-order valence-electron chi connectivity index (χ3n) is 2.69. The van der Waals surface area contributed by atoms with Gasteiger partial charge in [-0.05, 0) is 47.2 Å². The highest BCUT2D eigenvalue weighted by Crippen LogP contribution is 2.33. The summed E-state index contributed by atoms with van der Waals surface area (Å²) in [5.41, 5.74) is 6.61. The maximum absolute atomic E-state index is 14.0. The van der Waals surface area contributed by atoms with Gasteiger partial charge in [0, 0.05) is 6.07 Å². The molecular formula is C14H9F2IN2O. The Morgan fingerprint density at radius 1 is 1.30 bits per heavy atom. The second kappa shape index (κ2) is 5.63. The lowest BCUT2D eigenvalue weighted by molar-refractivity contribution is 0.406. The minimum absolute atomic E-state index is 0.00886. The van der Waals surface area contributed by atoms with Crippen molar-refractivity contribution in [2.75, 3.05) is 5.73 Å². The van der Waals surface area contributed by atoms with Crippen LogP contribution in [-0.4, -0.2) is 0 Å². The molecule has 0 radical (unpaired) electrons. The third kappa shape index (κ3) is 2.67. The molecule has 0 aliphatic heterocycles. The fraction of sp³-hybridized carbons (Fsp3) is 0.0714. The zero-order valence-electron chi connectivity index (χ0n) is 10.4. The standard InChI is InChI=1S/C14H9F2IN2O/c1-7-2-3-9(4-8(7)6-18)20-14-10(15)5-11(19)13(17)12(14)16/h2-5H,19H2,1H3. The Morgan fingerprint density at radius 3 is 2.65 bits per heavy atom. The monoisotopic (exact) mass is 386 g/mol. The highest BCUT2D eigenvalue weighted by atomic mass is 127. The van der Waals surface area contributed by atoms with Crippen molar-refractivity contribution in [1.29, 1.82) is 5.26 Å². The van der Waals surface area contributed by atoms with Gasteiger partial charge in [0.1, 0.15) is 5.75 Å². The normalized spacial score (nSPS) is 10.2. The molecule has 2 N–H and O–H groups in total. The molecule has 0 saturated heterocycles. The number of nitrogen functional groups attached to an aromatic ring is 1. The number of benzene rings is 2. The van der Waals surface area contributed by atoms with E-state index in [0.717, 1.165) is 11.6 Å². The summed E-state index contributed by atoms with van der Waals surface area (Å²) in [6.07, 6.45) is 0. The van der Waals surface area contributed by atoms with Crippen LogP contribution >= 0.6 is 22.6 Å². The minimum atomic E-state index is -0.889. The lowest BCUT2D eigenvalue weighted by Gasteiger charge is -2.11. The SMILES string of the molecule is Cc1ccc(Oc2c(F)cc(N)c(I)c2F)cc1C#N. The zero-order chi connectivity index (χ0) is 14.9. The van der Waals surface area contributed by atoms with Crippen molar-refractivity contribution in [1.82, 2.24) is 0 Å². The van der Waals surface area contributed by atoms with Crippen LogP contribution in [-0.2, 0) is 0 Å². The average molecular weight is 386 g/mol. The number of nitrogens with zero attached hydrogens (tertiary/aromatic N) is 1. The van der Waals surface area contributed by atoms with Crippen molar-refractivity contribution >= 4 is 28.3 Å². The molecule has 0 bridgehead atoms. The summed E-state index contributed by atoms with van der Waals surface area (Å²) in [5, 5.41) is 8.93. The molecule has 102 valence electrons. The summed E-state index contributed by atoms with van der Waals surface area (Å²) in [5.74, 6) is -2.09. The number of hydrogen-bond acceptors (Lipinski definition) is 3. The number of nitriles is 1. The summed E-state index contributed by atoms with van der Waals surface area (Å²) in [4.78, 5) is 0. The topological polar surface area (TPSA) is 59.0 Å². The molecule has 2 rings (SSSR count). The fourth-order valence-electron chi connectivity index (χ4n) is 1.59. The molecule has 0 saturated carbocycles. The smallest absolute Gasteiger partial charge is 0.199 e. The number of ether oxygens (including phenoxy) is 1. The van der Waals surface area contributed by atoms with Gasteiger partial charge >= 0.3 is 0 Å². The average Bonchev–Trinajstić information content (AvgIpc) is 2.43. The van der Waals surface area contributed by atoms with E-state index >= 15 is 0 Å². The molecular weight excluding hydrogens is 377 g/mol. The maximum Gasteiger partial charge on any atom is 0.199 e. The van der Waals surface area contributed by atoms with Crippen LogP contribution in [0.25, 0.3) is 0 Å². The molecule has 3 nitrogen and oxygen atoms in total. The molecule has 6 heteroatoms. The Labute approximate surface area is 128 Å². The summed E-state index contributed by atoms with van der Waals surface area (Å²) >= 11 is 1.67. The Bertz CT molecular complexity index is 726. The van der Waals surface area contributed by atoms with Crippen LogP contribution in [0.2, 0.25) is 0 Å². The van der Waals surface area contributed by atoms with Crippen molar-refractivity contribution in [2.24, 2.45) is 0 Å². The van der Waals surface area contributed by atoms with Crippen LogP contribution in [0, 0.1) is 33.5 Å². The number of aryl methyl sites for hydroxylation is 1. The van der Waals surface area contributed by atoms with Gasteiger partial charge in [0.05, 0.1) is 20.9 Å². The van der Waals surface area contributed by atoms with Gasteiger partial charge in [-0.25, -0.2) is 8.78 Å². The molecule has 0 spiro atoms. The molecule has 0 unspecified atom stereocenters. The third-order valence-corrected chi connectivity index (χ3v) is 3.79. The first kappa shape index (κ1) is 14.5.